The van der Waals surface area contributed by atoms with Crippen LogP contribution in [0.4, 0.5) is 0 Å². The van der Waals surface area contributed by atoms with Gasteiger partial charge in [0.05, 0.1) is 12.4 Å². The first kappa shape index (κ1) is 16.3. The molecule has 3 aromatic rings. The molecule has 0 bridgehead atoms. The Morgan fingerprint density at radius 1 is 1.04 bits per heavy atom. The van der Waals surface area contributed by atoms with Crippen LogP contribution < -0.4 is 0 Å². The smallest absolute Gasteiger partial charge is 0.130 e. The predicted molar refractivity (Wildman–Crippen MR) is 96.3 cm³/mol. The van der Waals surface area contributed by atoms with E-state index in [9.17, 15) is 0 Å². The molecule has 0 atom stereocenters. The van der Waals surface area contributed by atoms with E-state index < -0.39 is 0 Å². The van der Waals surface area contributed by atoms with Crippen molar-refractivity contribution >= 4 is 13.4 Å². The molecule has 3 rings (SSSR count). The minimum atomic E-state index is 0.389. The molecule has 1 heterocycles. The van der Waals surface area contributed by atoms with Crippen molar-refractivity contribution in [1.82, 2.24) is 9.55 Å². The molecule has 0 saturated heterocycles. The van der Waals surface area contributed by atoms with Crippen LogP contribution in [0.25, 0.3) is 5.57 Å². The molecule has 0 radical (unpaired) electrons. The summed E-state index contributed by atoms with van der Waals surface area (Å²) in [6, 6.07) is 22.9. The number of imidazole rings is 1. The first-order valence-electron chi connectivity index (χ1n) is 7.45. The summed E-state index contributed by atoms with van der Waals surface area (Å²) in [5.74, 6) is 2.16. The van der Waals surface area contributed by atoms with Crippen LogP contribution in [-0.2, 0) is 6.54 Å². The molecule has 23 heavy (non-hydrogen) atoms. The Bertz CT molecular complexity index is 716. The van der Waals surface area contributed by atoms with E-state index in [1.807, 2.05) is 18.2 Å². The number of hydrogen-bond acceptors (Lipinski definition) is 2. The maximum Gasteiger partial charge on any atom is 0.130 e. The Balaban J connectivity index is 0.000000203. The molecule has 0 spiro atoms. The van der Waals surface area contributed by atoms with Gasteiger partial charge in [0.25, 0.3) is 0 Å². The summed E-state index contributed by atoms with van der Waals surface area (Å²) >= 11 is 0. The summed E-state index contributed by atoms with van der Waals surface area (Å²) in [4.78, 5) is 3.75. The number of nitriles is 1. The summed E-state index contributed by atoms with van der Waals surface area (Å²) in [5.41, 5.74) is 3.83. The van der Waals surface area contributed by atoms with E-state index in [1.165, 1.54) is 16.7 Å². The Kier molecular flexibility index (Phi) is 6.43. The number of aromatic nitrogens is 2. The summed E-state index contributed by atoms with van der Waals surface area (Å²) in [5, 5.41) is 8.14. The lowest BCUT2D eigenvalue weighted by molar-refractivity contribution is 0.830. The zero-order valence-corrected chi connectivity index (χ0v) is 13.1. The zero-order chi connectivity index (χ0) is 16.3. The van der Waals surface area contributed by atoms with Gasteiger partial charge >= 0.3 is 0 Å². The topological polar surface area (TPSA) is 41.6 Å². The van der Waals surface area contributed by atoms with Gasteiger partial charge in [0.1, 0.15) is 14.4 Å². The van der Waals surface area contributed by atoms with Gasteiger partial charge in [-0.1, -0.05) is 60.7 Å². The van der Waals surface area contributed by atoms with Crippen LogP contribution in [-0.4, -0.2) is 17.4 Å². The van der Waals surface area contributed by atoms with Crippen molar-refractivity contribution in [2.75, 3.05) is 0 Å². The lowest BCUT2D eigenvalue weighted by Gasteiger charge is -2.07. The van der Waals surface area contributed by atoms with Gasteiger partial charge < -0.3 is 4.57 Å². The van der Waals surface area contributed by atoms with Gasteiger partial charge in [-0.2, -0.15) is 5.26 Å². The molecule has 0 unspecified atom stereocenters. The fraction of sp³-hybridized carbons (Fsp3) is 0.0526. The molecule has 0 saturated carbocycles. The van der Waals surface area contributed by atoms with E-state index in [2.05, 4.69) is 67.3 Å². The zero-order valence-electron chi connectivity index (χ0n) is 13.1. The van der Waals surface area contributed by atoms with Crippen LogP contribution in [0.15, 0.2) is 85.4 Å². The van der Waals surface area contributed by atoms with Crippen molar-refractivity contribution in [3.8, 4) is 6.07 Å². The first-order valence-corrected chi connectivity index (χ1v) is 7.45. The molecule has 0 aliphatic carbocycles. The quantitative estimate of drug-likeness (QED) is 0.697. The van der Waals surface area contributed by atoms with E-state index in [4.69, 9.17) is 5.26 Å². The minimum absolute atomic E-state index is 0.389. The van der Waals surface area contributed by atoms with Crippen LogP contribution in [0.3, 0.4) is 0 Å². The normalized spacial score (nSPS) is 9.17. The molecule has 0 fully saturated rings. The van der Waals surface area contributed by atoms with Crippen molar-refractivity contribution < 1.29 is 0 Å². The highest BCUT2D eigenvalue weighted by Gasteiger charge is 2.01. The monoisotopic (exact) mass is 299 g/mol. The van der Waals surface area contributed by atoms with Gasteiger partial charge in [0, 0.05) is 12.4 Å². The second-order valence-electron chi connectivity index (χ2n) is 4.83. The molecule has 3 nitrogen and oxygen atoms in total. The molecule has 0 aliphatic heterocycles. The Hall–Kier alpha value is -3.06. The van der Waals surface area contributed by atoms with E-state index >= 15 is 0 Å². The highest BCUT2D eigenvalue weighted by Crippen LogP contribution is 2.21. The van der Waals surface area contributed by atoms with Gasteiger partial charge in [-0.15, -0.1) is 5.98 Å². The largest absolute Gasteiger partial charge is 0.324 e. The molecular weight excluding hydrogens is 281 g/mol. The third-order valence-electron chi connectivity index (χ3n) is 3.27. The average Bonchev–Trinajstić information content (AvgIpc) is 3.12. The third kappa shape index (κ3) is 5.01. The summed E-state index contributed by atoms with van der Waals surface area (Å²) in [6.45, 7) is 0.389. The van der Waals surface area contributed by atoms with Crippen LogP contribution in [0.5, 0.6) is 0 Å². The molecule has 0 N–H and O–H groups in total. The summed E-state index contributed by atoms with van der Waals surface area (Å²) < 4.78 is 1.71. The molecule has 0 aliphatic rings. The average molecular weight is 299 g/mol. The van der Waals surface area contributed by atoms with Crippen molar-refractivity contribution in [2.24, 2.45) is 0 Å². The van der Waals surface area contributed by atoms with Gasteiger partial charge in [-0.25, -0.2) is 4.98 Å². The van der Waals surface area contributed by atoms with Gasteiger partial charge in [0.2, 0.25) is 0 Å². The van der Waals surface area contributed by atoms with Gasteiger partial charge in [-0.05, 0) is 16.7 Å². The van der Waals surface area contributed by atoms with E-state index in [0.29, 0.717) is 6.54 Å². The molecule has 112 valence electrons. The highest BCUT2D eigenvalue weighted by molar-refractivity contribution is 6.21. The van der Waals surface area contributed by atoms with Crippen molar-refractivity contribution in [1.29, 1.82) is 5.26 Å². The molecule has 0 amide bonds. The van der Waals surface area contributed by atoms with Crippen molar-refractivity contribution in [3.63, 3.8) is 0 Å². The molecular formula is C19H18BN3. The Morgan fingerprint density at radius 2 is 1.61 bits per heavy atom. The van der Waals surface area contributed by atoms with Crippen molar-refractivity contribution in [2.45, 2.75) is 6.54 Å². The molecule has 4 heteroatoms. The first-order chi connectivity index (χ1) is 11.3. The van der Waals surface area contributed by atoms with E-state index in [-0.39, 0.29) is 0 Å². The summed E-state index contributed by atoms with van der Waals surface area (Å²) in [6.07, 6.45) is 5.02. The maximum absolute atomic E-state index is 8.14. The molecule has 2 aromatic carbocycles. The Labute approximate surface area is 138 Å². The number of hydrogen-bond donors (Lipinski definition) is 0. The number of nitrogens with zero attached hydrogens (tertiary/aromatic N) is 3. The van der Waals surface area contributed by atoms with Crippen LogP contribution in [0.2, 0.25) is 0 Å². The van der Waals surface area contributed by atoms with E-state index in [1.54, 1.807) is 23.3 Å². The fourth-order valence-electron chi connectivity index (χ4n) is 2.20. The lowest BCUT2D eigenvalue weighted by Crippen LogP contribution is -1.88. The van der Waals surface area contributed by atoms with Crippen molar-refractivity contribution in [3.05, 3.63) is 96.5 Å². The molecule has 1 aromatic heterocycles. The standard InChI is InChI=1S/C14H13B.C5H5N3/c15-11-14(12-7-3-1-4-8-12)13-9-5-2-6-10-13;6-1-3-8-4-2-7-5-8/h1-11H,15H2;2,4-5H,3H2. The predicted octanol–water partition coefficient (Wildman–Crippen LogP) is 3.12. The number of rotatable bonds is 3. The number of benzene rings is 2. The second kappa shape index (κ2) is 9.06. The van der Waals surface area contributed by atoms with Crippen LogP contribution in [0.1, 0.15) is 11.1 Å². The van der Waals surface area contributed by atoms with Crippen LogP contribution >= 0.6 is 0 Å². The van der Waals surface area contributed by atoms with Gasteiger partial charge in [-0.3, -0.25) is 0 Å². The fourth-order valence-corrected chi connectivity index (χ4v) is 2.20. The van der Waals surface area contributed by atoms with Crippen LogP contribution in [0, 0.1) is 11.3 Å². The second-order valence-corrected chi connectivity index (χ2v) is 4.83. The van der Waals surface area contributed by atoms with E-state index in [0.717, 1.165) is 0 Å². The minimum Gasteiger partial charge on any atom is -0.324 e. The Morgan fingerprint density at radius 3 is 2.00 bits per heavy atom. The highest BCUT2D eigenvalue weighted by atomic mass is 15.0. The maximum atomic E-state index is 8.14. The third-order valence-corrected chi connectivity index (χ3v) is 3.27. The SMILES string of the molecule is BC=C(c1ccccc1)c1ccccc1.N#CCn1ccnc1. The summed E-state index contributed by atoms with van der Waals surface area (Å²) in [7, 11) is 2.08. The lowest BCUT2D eigenvalue weighted by atomic mass is 9.92. The van der Waals surface area contributed by atoms with Gasteiger partial charge in [0.15, 0.2) is 0 Å².